The lowest BCUT2D eigenvalue weighted by atomic mass is 10.00. The Labute approximate surface area is 230 Å². The lowest BCUT2D eigenvalue weighted by Crippen LogP contribution is -2.32. The molecule has 2 aromatic heterocycles. The predicted octanol–water partition coefficient (Wildman–Crippen LogP) is 5.25. The molecule has 2 aromatic carbocycles. The van der Waals surface area contributed by atoms with Gasteiger partial charge in [-0.2, -0.15) is 0 Å². The van der Waals surface area contributed by atoms with Gasteiger partial charge in [0.1, 0.15) is 5.15 Å². The fourth-order valence-electron chi connectivity index (χ4n) is 4.30. The summed E-state index contributed by atoms with van der Waals surface area (Å²) in [5.74, 6) is -0.183. The number of carbonyl (C=O) groups excluding carboxylic acids is 1. The fraction of sp³-hybridized carbons (Fsp3) is 0.250. The second-order valence-electron chi connectivity index (χ2n) is 8.99. The van der Waals surface area contributed by atoms with Crippen molar-refractivity contribution < 1.29 is 19.4 Å². The predicted molar refractivity (Wildman–Crippen MR) is 143 cm³/mol. The summed E-state index contributed by atoms with van der Waals surface area (Å²) in [6, 6.07) is 18.9. The van der Waals surface area contributed by atoms with Crippen LogP contribution >= 0.6 is 23.2 Å². The van der Waals surface area contributed by atoms with Gasteiger partial charge in [-0.25, -0.2) is 4.98 Å². The van der Waals surface area contributed by atoms with Crippen LogP contribution in [0.25, 0.3) is 0 Å². The number of nitrogens with zero attached hydrogens (tertiary/aromatic N) is 3. The van der Waals surface area contributed by atoms with Gasteiger partial charge in [-0.3, -0.25) is 9.78 Å². The molecule has 1 aliphatic rings. The first-order valence-corrected chi connectivity index (χ1v) is 12.9. The van der Waals surface area contributed by atoms with E-state index in [1.807, 2.05) is 48.5 Å². The Hall–Kier alpha value is -3.27. The summed E-state index contributed by atoms with van der Waals surface area (Å²) in [5.41, 5.74) is 4.12. The molecule has 38 heavy (non-hydrogen) atoms. The molecule has 10 heteroatoms. The van der Waals surface area contributed by atoms with E-state index in [-0.39, 0.29) is 29.9 Å². The van der Waals surface area contributed by atoms with E-state index < -0.39 is 6.29 Å². The molecule has 2 N–H and O–H groups in total. The van der Waals surface area contributed by atoms with Crippen molar-refractivity contribution in [2.45, 2.75) is 44.6 Å². The van der Waals surface area contributed by atoms with Crippen LogP contribution in [0, 0.1) is 0 Å². The van der Waals surface area contributed by atoms with Crippen LogP contribution in [0.1, 0.15) is 51.4 Å². The van der Waals surface area contributed by atoms with Crippen LogP contribution in [-0.2, 0) is 29.2 Å². The Morgan fingerprint density at radius 2 is 1.76 bits per heavy atom. The average molecular weight is 553 g/mol. The molecule has 1 aliphatic heterocycles. The Bertz CT molecular complexity index is 1360. The molecule has 3 heterocycles. The SMILES string of the molecule is O=C(NCc1ccc(C2OC(Cn3cnc(Cl)c3Cl)CC(c3ccc(CO)cc3)O2)cc1)c1cccnc1. The molecule has 8 nitrogen and oxygen atoms in total. The Morgan fingerprint density at radius 3 is 2.42 bits per heavy atom. The third kappa shape index (κ3) is 6.23. The second-order valence-corrected chi connectivity index (χ2v) is 9.71. The van der Waals surface area contributed by atoms with Crippen LogP contribution in [0.4, 0.5) is 0 Å². The Balaban J connectivity index is 1.30. The largest absolute Gasteiger partial charge is 0.392 e. The highest BCUT2D eigenvalue weighted by Crippen LogP contribution is 2.39. The van der Waals surface area contributed by atoms with Crippen LogP contribution < -0.4 is 5.32 Å². The molecule has 0 bridgehead atoms. The third-order valence-corrected chi connectivity index (χ3v) is 7.15. The van der Waals surface area contributed by atoms with Gasteiger partial charge in [0.25, 0.3) is 5.91 Å². The van der Waals surface area contributed by atoms with E-state index in [4.69, 9.17) is 32.7 Å². The number of nitrogens with one attached hydrogen (secondary N) is 1. The van der Waals surface area contributed by atoms with Crippen LogP contribution in [0.3, 0.4) is 0 Å². The highest BCUT2D eigenvalue weighted by molar-refractivity contribution is 6.40. The number of benzene rings is 2. The first-order valence-electron chi connectivity index (χ1n) is 12.1. The monoisotopic (exact) mass is 552 g/mol. The van der Waals surface area contributed by atoms with E-state index in [0.29, 0.717) is 30.2 Å². The standard InChI is InChI=1S/C28H26Cl2N4O4/c29-25-26(30)34(17-33-25)15-23-12-24(20-7-5-19(16-35)6-8-20)38-28(37-23)21-9-3-18(4-10-21)13-32-27(36)22-2-1-11-31-14-22/h1-11,14,17,23-24,28,35H,12-13,15-16H2,(H,32,36). The topological polar surface area (TPSA) is 98.5 Å². The summed E-state index contributed by atoms with van der Waals surface area (Å²) in [7, 11) is 0. The van der Waals surface area contributed by atoms with Crippen molar-refractivity contribution in [1.29, 1.82) is 0 Å². The van der Waals surface area contributed by atoms with Crippen LogP contribution in [0.2, 0.25) is 10.3 Å². The van der Waals surface area contributed by atoms with Gasteiger partial charge in [0.05, 0.1) is 37.3 Å². The van der Waals surface area contributed by atoms with Crippen molar-refractivity contribution in [1.82, 2.24) is 19.9 Å². The number of aliphatic hydroxyl groups is 1. The first kappa shape index (κ1) is 26.3. The van der Waals surface area contributed by atoms with Crippen molar-refractivity contribution in [3.05, 3.63) is 118 Å². The normalized spacial score (nSPS) is 19.3. The highest BCUT2D eigenvalue weighted by atomic mass is 35.5. The number of aromatic nitrogens is 3. The van der Waals surface area contributed by atoms with Crippen molar-refractivity contribution in [2.24, 2.45) is 0 Å². The minimum atomic E-state index is -0.618. The van der Waals surface area contributed by atoms with Crippen molar-refractivity contribution in [2.75, 3.05) is 0 Å². The lowest BCUT2D eigenvalue weighted by molar-refractivity contribution is -0.252. The van der Waals surface area contributed by atoms with E-state index in [2.05, 4.69) is 15.3 Å². The maximum Gasteiger partial charge on any atom is 0.253 e. The highest BCUT2D eigenvalue weighted by Gasteiger charge is 2.32. The number of rotatable bonds is 8. The Morgan fingerprint density at radius 1 is 1.03 bits per heavy atom. The minimum absolute atomic E-state index is 0.0188. The van der Waals surface area contributed by atoms with Gasteiger partial charge in [-0.1, -0.05) is 71.7 Å². The number of imidazole rings is 1. The van der Waals surface area contributed by atoms with Gasteiger partial charge >= 0.3 is 0 Å². The smallest absolute Gasteiger partial charge is 0.253 e. The number of aliphatic hydroxyl groups excluding tert-OH is 1. The van der Waals surface area contributed by atoms with Crippen molar-refractivity contribution in [3.63, 3.8) is 0 Å². The number of ether oxygens (including phenoxy) is 2. The van der Waals surface area contributed by atoms with Gasteiger partial charge in [0.15, 0.2) is 11.4 Å². The Kier molecular flexibility index (Phi) is 8.36. The second kappa shape index (κ2) is 12.1. The van der Waals surface area contributed by atoms with Gasteiger partial charge in [-0.15, -0.1) is 0 Å². The molecule has 0 radical (unpaired) electrons. The number of hydrogen-bond acceptors (Lipinski definition) is 6. The average Bonchev–Trinajstić information content (AvgIpc) is 3.28. The van der Waals surface area contributed by atoms with E-state index >= 15 is 0 Å². The van der Waals surface area contributed by atoms with Gasteiger partial charge in [-0.05, 0) is 28.8 Å². The molecule has 1 amide bonds. The maximum atomic E-state index is 12.3. The quantitative estimate of drug-likeness (QED) is 0.309. The van der Waals surface area contributed by atoms with Crippen LogP contribution in [0.15, 0.2) is 79.4 Å². The molecule has 1 fully saturated rings. The number of halogens is 2. The van der Waals surface area contributed by atoms with Crippen LogP contribution in [0.5, 0.6) is 0 Å². The van der Waals surface area contributed by atoms with Crippen molar-refractivity contribution >= 4 is 29.1 Å². The zero-order valence-corrected chi connectivity index (χ0v) is 21.8. The molecule has 0 saturated carbocycles. The van der Waals surface area contributed by atoms with Gasteiger partial charge in [0, 0.05) is 30.9 Å². The summed E-state index contributed by atoms with van der Waals surface area (Å²) in [5, 5.41) is 12.9. The summed E-state index contributed by atoms with van der Waals surface area (Å²) < 4.78 is 14.5. The molecular weight excluding hydrogens is 527 g/mol. The number of carbonyl (C=O) groups is 1. The zero-order valence-electron chi connectivity index (χ0n) is 20.3. The molecule has 5 rings (SSSR count). The first-order chi connectivity index (χ1) is 18.5. The molecule has 0 aliphatic carbocycles. The molecule has 4 aromatic rings. The third-order valence-electron chi connectivity index (χ3n) is 6.38. The molecule has 196 valence electrons. The zero-order chi connectivity index (χ0) is 26.5. The summed E-state index contributed by atoms with van der Waals surface area (Å²) in [6.07, 6.45) is 4.28. The fourth-order valence-corrected chi connectivity index (χ4v) is 4.61. The van der Waals surface area contributed by atoms with E-state index in [1.54, 1.807) is 29.2 Å². The molecule has 1 saturated heterocycles. The number of pyridine rings is 1. The number of amides is 1. The summed E-state index contributed by atoms with van der Waals surface area (Å²) in [6.45, 7) is 0.819. The summed E-state index contributed by atoms with van der Waals surface area (Å²) >= 11 is 12.3. The number of hydrogen-bond donors (Lipinski definition) is 2. The van der Waals surface area contributed by atoms with E-state index in [9.17, 15) is 9.90 Å². The molecule has 3 unspecified atom stereocenters. The molecular formula is C28H26Cl2N4O4. The van der Waals surface area contributed by atoms with Gasteiger partial charge in [0.2, 0.25) is 0 Å². The molecule has 0 spiro atoms. The molecule has 3 atom stereocenters. The van der Waals surface area contributed by atoms with Crippen molar-refractivity contribution in [3.8, 4) is 0 Å². The van der Waals surface area contributed by atoms with Crippen LogP contribution in [-0.4, -0.2) is 31.7 Å². The minimum Gasteiger partial charge on any atom is -0.392 e. The van der Waals surface area contributed by atoms with E-state index in [0.717, 1.165) is 22.3 Å². The maximum absolute atomic E-state index is 12.3. The van der Waals surface area contributed by atoms with E-state index in [1.165, 1.54) is 6.20 Å². The van der Waals surface area contributed by atoms with Gasteiger partial charge < -0.3 is 24.5 Å². The summed E-state index contributed by atoms with van der Waals surface area (Å²) in [4.78, 5) is 20.4. The lowest BCUT2D eigenvalue weighted by Gasteiger charge is -2.36.